The zero-order valence-corrected chi connectivity index (χ0v) is 16.1. The summed E-state index contributed by atoms with van der Waals surface area (Å²) in [5.74, 6) is -0.598. The van der Waals surface area contributed by atoms with Gasteiger partial charge in [-0.2, -0.15) is 0 Å². The highest BCUT2D eigenvalue weighted by Gasteiger charge is 2.11. The molecule has 0 unspecified atom stereocenters. The van der Waals surface area contributed by atoms with E-state index in [2.05, 4.69) is 6.58 Å². The third-order valence-electron chi connectivity index (χ3n) is 3.69. The number of ether oxygens (including phenoxy) is 4. The molecule has 8 heteroatoms. The van der Waals surface area contributed by atoms with E-state index in [0.29, 0.717) is 30.4 Å². The van der Waals surface area contributed by atoms with Gasteiger partial charge >= 0.3 is 18.1 Å². The molecule has 2 rings (SSSR count). The number of aldehydes is 1. The van der Waals surface area contributed by atoms with Gasteiger partial charge in [0.05, 0.1) is 18.8 Å². The van der Waals surface area contributed by atoms with Crippen molar-refractivity contribution in [2.45, 2.75) is 12.8 Å². The molecular formula is C22H20O8. The fourth-order valence-electron chi connectivity index (χ4n) is 2.16. The van der Waals surface area contributed by atoms with Crippen LogP contribution in [-0.2, 0) is 14.3 Å². The summed E-state index contributed by atoms with van der Waals surface area (Å²) >= 11 is 0. The predicted molar refractivity (Wildman–Crippen MR) is 106 cm³/mol. The highest BCUT2D eigenvalue weighted by atomic mass is 16.7. The first-order chi connectivity index (χ1) is 14.5. The van der Waals surface area contributed by atoms with E-state index in [1.165, 1.54) is 48.5 Å². The standard InChI is InChI=1S/C22H20O8/c1-2-20(24)27-13-3-4-14-28-22(26)30-19-11-7-17(8-12-19)21(25)29-18-9-5-16(15-23)6-10-18/h2,5-12,15H,1,3-4,13-14H2. The zero-order valence-electron chi connectivity index (χ0n) is 16.1. The van der Waals surface area contributed by atoms with E-state index >= 15 is 0 Å². The van der Waals surface area contributed by atoms with Crippen molar-refractivity contribution in [3.05, 3.63) is 72.3 Å². The zero-order chi connectivity index (χ0) is 21.8. The first-order valence-electron chi connectivity index (χ1n) is 9.03. The average molecular weight is 412 g/mol. The molecule has 156 valence electrons. The lowest BCUT2D eigenvalue weighted by atomic mass is 10.2. The second kappa shape index (κ2) is 11.8. The number of carbonyl (C=O) groups excluding carboxylic acids is 4. The third-order valence-corrected chi connectivity index (χ3v) is 3.69. The SMILES string of the molecule is C=CC(=O)OCCCCOC(=O)Oc1ccc(C(=O)Oc2ccc(C=O)cc2)cc1. The van der Waals surface area contributed by atoms with Gasteiger partial charge in [0.2, 0.25) is 0 Å². The Morgan fingerprint density at radius 3 is 1.97 bits per heavy atom. The number of hydrogen-bond donors (Lipinski definition) is 0. The largest absolute Gasteiger partial charge is 0.513 e. The molecule has 0 heterocycles. The molecule has 0 aliphatic rings. The summed E-state index contributed by atoms with van der Waals surface area (Å²) in [7, 11) is 0. The van der Waals surface area contributed by atoms with Crippen molar-refractivity contribution in [2.75, 3.05) is 13.2 Å². The van der Waals surface area contributed by atoms with Crippen molar-refractivity contribution in [3.63, 3.8) is 0 Å². The summed E-state index contributed by atoms with van der Waals surface area (Å²) in [5.41, 5.74) is 0.726. The van der Waals surface area contributed by atoms with Crippen LogP contribution in [0.4, 0.5) is 4.79 Å². The molecule has 2 aromatic rings. The van der Waals surface area contributed by atoms with Crippen molar-refractivity contribution < 1.29 is 38.1 Å². The summed E-state index contributed by atoms with van der Waals surface area (Å²) in [5, 5.41) is 0. The molecule has 0 fully saturated rings. The lowest BCUT2D eigenvalue weighted by Crippen LogP contribution is -2.12. The molecule has 0 saturated carbocycles. The van der Waals surface area contributed by atoms with E-state index < -0.39 is 18.1 Å². The van der Waals surface area contributed by atoms with E-state index in [4.69, 9.17) is 18.9 Å². The van der Waals surface area contributed by atoms with Gasteiger partial charge in [0, 0.05) is 11.6 Å². The maximum atomic E-state index is 12.1. The van der Waals surface area contributed by atoms with Crippen molar-refractivity contribution in [1.29, 1.82) is 0 Å². The van der Waals surface area contributed by atoms with Crippen molar-refractivity contribution >= 4 is 24.4 Å². The van der Waals surface area contributed by atoms with Crippen LogP contribution in [-0.4, -0.2) is 37.6 Å². The fraction of sp³-hybridized carbons (Fsp3) is 0.182. The van der Waals surface area contributed by atoms with Crippen LogP contribution in [0.15, 0.2) is 61.2 Å². The highest BCUT2D eigenvalue weighted by Crippen LogP contribution is 2.17. The van der Waals surface area contributed by atoms with Gasteiger partial charge in [0.1, 0.15) is 17.8 Å². The minimum Gasteiger partial charge on any atom is -0.463 e. The van der Waals surface area contributed by atoms with E-state index in [9.17, 15) is 19.2 Å². The summed E-state index contributed by atoms with van der Waals surface area (Å²) in [6.45, 7) is 3.60. The lowest BCUT2D eigenvalue weighted by Gasteiger charge is -2.07. The molecule has 0 spiro atoms. The summed E-state index contributed by atoms with van der Waals surface area (Å²) in [6.07, 6.45) is 1.91. The molecule has 0 saturated heterocycles. The van der Waals surface area contributed by atoms with Crippen LogP contribution in [0.25, 0.3) is 0 Å². The van der Waals surface area contributed by atoms with Crippen LogP contribution in [0.1, 0.15) is 33.6 Å². The molecule has 0 amide bonds. The topological polar surface area (TPSA) is 105 Å². The van der Waals surface area contributed by atoms with Gasteiger partial charge in [-0.1, -0.05) is 6.58 Å². The molecule has 2 aromatic carbocycles. The molecule has 0 atom stereocenters. The van der Waals surface area contributed by atoms with Gasteiger partial charge < -0.3 is 18.9 Å². The molecule has 0 aromatic heterocycles. The Hall–Kier alpha value is -3.94. The van der Waals surface area contributed by atoms with Crippen molar-refractivity contribution in [1.82, 2.24) is 0 Å². The molecule has 0 aliphatic carbocycles. The van der Waals surface area contributed by atoms with Crippen LogP contribution in [0.5, 0.6) is 11.5 Å². The first kappa shape index (κ1) is 22.4. The smallest absolute Gasteiger partial charge is 0.463 e. The molecule has 8 nitrogen and oxygen atoms in total. The second-order valence-electron chi connectivity index (χ2n) is 5.88. The predicted octanol–water partition coefficient (Wildman–Crippen LogP) is 3.74. The minimum atomic E-state index is -0.885. The Morgan fingerprint density at radius 1 is 0.800 bits per heavy atom. The highest BCUT2D eigenvalue weighted by molar-refractivity contribution is 5.91. The Labute approximate surface area is 173 Å². The third kappa shape index (κ3) is 7.59. The van der Waals surface area contributed by atoms with Crippen LogP contribution in [0.3, 0.4) is 0 Å². The number of unbranched alkanes of at least 4 members (excludes halogenated alkanes) is 1. The van der Waals surface area contributed by atoms with Gasteiger partial charge in [-0.15, -0.1) is 0 Å². The number of hydrogen-bond acceptors (Lipinski definition) is 8. The van der Waals surface area contributed by atoms with E-state index in [-0.39, 0.29) is 24.5 Å². The summed E-state index contributed by atoms with van der Waals surface area (Å²) in [4.78, 5) is 45.3. The molecule has 0 aliphatic heterocycles. The van der Waals surface area contributed by atoms with Gasteiger partial charge in [0.25, 0.3) is 0 Å². The maximum absolute atomic E-state index is 12.1. The molecule has 30 heavy (non-hydrogen) atoms. The van der Waals surface area contributed by atoms with Gasteiger partial charge in [-0.25, -0.2) is 14.4 Å². The number of esters is 2. The number of rotatable bonds is 10. The number of carbonyl (C=O) groups is 4. The van der Waals surface area contributed by atoms with Gasteiger partial charge in [-0.05, 0) is 61.4 Å². The molecule has 0 radical (unpaired) electrons. The molecule has 0 bridgehead atoms. The second-order valence-corrected chi connectivity index (χ2v) is 5.88. The van der Waals surface area contributed by atoms with Crippen molar-refractivity contribution in [3.8, 4) is 11.5 Å². The van der Waals surface area contributed by atoms with E-state index in [0.717, 1.165) is 6.08 Å². The Bertz CT molecular complexity index is 884. The summed E-state index contributed by atoms with van der Waals surface area (Å²) < 4.78 is 19.9. The van der Waals surface area contributed by atoms with E-state index in [1.54, 1.807) is 0 Å². The maximum Gasteiger partial charge on any atom is 0.513 e. The van der Waals surface area contributed by atoms with Crippen LogP contribution < -0.4 is 9.47 Å². The summed E-state index contributed by atoms with van der Waals surface area (Å²) in [6, 6.07) is 11.8. The first-order valence-corrected chi connectivity index (χ1v) is 9.03. The number of benzene rings is 2. The van der Waals surface area contributed by atoms with E-state index in [1.807, 2.05) is 0 Å². The monoisotopic (exact) mass is 412 g/mol. The minimum absolute atomic E-state index is 0.109. The average Bonchev–Trinajstić information content (AvgIpc) is 2.76. The fourth-order valence-corrected chi connectivity index (χ4v) is 2.16. The lowest BCUT2D eigenvalue weighted by molar-refractivity contribution is -0.137. The quantitative estimate of drug-likeness (QED) is 0.145. The molecule has 0 N–H and O–H groups in total. The van der Waals surface area contributed by atoms with Gasteiger partial charge in [-0.3, -0.25) is 4.79 Å². The van der Waals surface area contributed by atoms with Gasteiger partial charge in [0.15, 0.2) is 0 Å². The van der Waals surface area contributed by atoms with Crippen molar-refractivity contribution in [2.24, 2.45) is 0 Å². The van der Waals surface area contributed by atoms with Crippen LogP contribution in [0, 0.1) is 0 Å². The molecular weight excluding hydrogens is 392 g/mol. The Kier molecular flexibility index (Phi) is 8.79. The Balaban J connectivity index is 1.73. The van der Waals surface area contributed by atoms with Crippen LogP contribution in [0.2, 0.25) is 0 Å². The van der Waals surface area contributed by atoms with Crippen LogP contribution >= 0.6 is 0 Å². The normalized spacial score (nSPS) is 9.87. The Morgan fingerprint density at radius 2 is 1.37 bits per heavy atom.